The van der Waals surface area contributed by atoms with Gasteiger partial charge in [0, 0.05) is 5.92 Å². The number of rotatable bonds is 3. The van der Waals surface area contributed by atoms with Gasteiger partial charge in [0.15, 0.2) is 5.82 Å². The number of benzene rings is 1. The van der Waals surface area contributed by atoms with Gasteiger partial charge in [-0.25, -0.2) is 0 Å². The molecule has 1 aromatic heterocycles. The standard InChI is InChI=1S/C14H10ClN3O3/c15-8-2-1-3-9-11(8)12(19)14(20)18(9)6-10-16-13(17-21-10)7-4-5-7/h1-3,7H,4-6H2. The maximum Gasteiger partial charge on any atom is 0.300 e. The molecule has 2 aromatic rings. The summed E-state index contributed by atoms with van der Waals surface area (Å²) in [5, 5.41) is 4.18. The molecule has 0 saturated heterocycles. The summed E-state index contributed by atoms with van der Waals surface area (Å²) in [6.45, 7) is 0.0810. The van der Waals surface area contributed by atoms with E-state index in [2.05, 4.69) is 10.1 Å². The van der Waals surface area contributed by atoms with Crippen molar-refractivity contribution in [2.45, 2.75) is 25.3 Å². The zero-order chi connectivity index (χ0) is 14.6. The van der Waals surface area contributed by atoms with Crippen LogP contribution in [0.5, 0.6) is 0 Å². The predicted molar refractivity (Wildman–Crippen MR) is 73.2 cm³/mol. The molecular formula is C14H10ClN3O3. The quantitative estimate of drug-likeness (QED) is 0.813. The van der Waals surface area contributed by atoms with Crippen molar-refractivity contribution in [1.82, 2.24) is 10.1 Å². The first-order chi connectivity index (χ1) is 10.1. The Hall–Kier alpha value is -2.21. The molecule has 2 aliphatic rings. The van der Waals surface area contributed by atoms with Gasteiger partial charge in [-0.2, -0.15) is 4.98 Å². The van der Waals surface area contributed by atoms with Crippen LogP contribution in [0.25, 0.3) is 0 Å². The van der Waals surface area contributed by atoms with Crippen LogP contribution in [0, 0.1) is 0 Å². The van der Waals surface area contributed by atoms with Gasteiger partial charge in [-0.1, -0.05) is 22.8 Å². The highest BCUT2D eigenvalue weighted by atomic mass is 35.5. The zero-order valence-electron chi connectivity index (χ0n) is 10.9. The first kappa shape index (κ1) is 12.5. The smallest absolute Gasteiger partial charge is 0.300 e. The van der Waals surface area contributed by atoms with Crippen molar-refractivity contribution in [1.29, 1.82) is 0 Å². The normalized spacial score (nSPS) is 17.5. The van der Waals surface area contributed by atoms with E-state index in [1.165, 1.54) is 4.90 Å². The minimum Gasteiger partial charge on any atom is -0.337 e. The SMILES string of the molecule is O=C1C(=O)N(Cc2nc(C3CC3)no2)c2cccc(Cl)c21. The highest BCUT2D eigenvalue weighted by molar-refractivity contribution is 6.55. The average molecular weight is 304 g/mol. The second kappa shape index (κ2) is 4.39. The fourth-order valence-electron chi connectivity index (χ4n) is 2.43. The van der Waals surface area contributed by atoms with Crippen LogP contribution in [-0.2, 0) is 11.3 Å². The third kappa shape index (κ3) is 1.94. The van der Waals surface area contributed by atoms with Crippen LogP contribution in [0.2, 0.25) is 5.02 Å². The number of Topliss-reactive ketones (excluding diaryl/α,β-unsaturated/α-hetero) is 1. The summed E-state index contributed by atoms with van der Waals surface area (Å²) in [4.78, 5) is 29.7. The number of carbonyl (C=O) groups is 2. The molecule has 2 heterocycles. The van der Waals surface area contributed by atoms with Gasteiger partial charge in [-0.15, -0.1) is 0 Å². The molecule has 0 atom stereocenters. The van der Waals surface area contributed by atoms with Crippen molar-refractivity contribution < 1.29 is 14.1 Å². The number of fused-ring (bicyclic) bond motifs is 1. The number of anilines is 1. The summed E-state index contributed by atoms with van der Waals surface area (Å²) in [6.07, 6.45) is 2.14. The predicted octanol–water partition coefficient (Wildman–Crippen LogP) is 2.33. The second-order valence-corrected chi connectivity index (χ2v) is 5.58. The lowest BCUT2D eigenvalue weighted by Crippen LogP contribution is -2.29. The van der Waals surface area contributed by atoms with Crippen LogP contribution in [0.1, 0.15) is 40.8 Å². The second-order valence-electron chi connectivity index (χ2n) is 5.17. The van der Waals surface area contributed by atoms with E-state index in [1.54, 1.807) is 18.2 Å². The van der Waals surface area contributed by atoms with Crippen molar-refractivity contribution in [3.8, 4) is 0 Å². The van der Waals surface area contributed by atoms with Crippen LogP contribution < -0.4 is 4.90 Å². The molecule has 21 heavy (non-hydrogen) atoms. The Bertz CT molecular complexity index is 767. The largest absolute Gasteiger partial charge is 0.337 e. The summed E-state index contributed by atoms with van der Waals surface area (Å²) in [7, 11) is 0. The summed E-state index contributed by atoms with van der Waals surface area (Å²) in [5.41, 5.74) is 0.731. The summed E-state index contributed by atoms with van der Waals surface area (Å²) >= 11 is 6.00. The van der Waals surface area contributed by atoms with Crippen LogP contribution in [-0.4, -0.2) is 21.8 Å². The number of nitrogens with zero attached hydrogens (tertiary/aromatic N) is 3. The van der Waals surface area contributed by atoms with Gasteiger partial charge in [0.2, 0.25) is 5.89 Å². The van der Waals surface area contributed by atoms with Crippen LogP contribution in [0.4, 0.5) is 5.69 Å². The van der Waals surface area contributed by atoms with Crippen molar-refractivity contribution in [3.63, 3.8) is 0 Å². The fourth-order valence-corrected chi connectivity index (χ4v) is 2.69. The average Bonchev–Trinajstić information content (AvgIpc) is 3.17. The Kier molecular flexibility index (Phi) is 2.62. The molecule has 6 nitrogen and oxygen atoms in total. The molecule has 1 amide bonds. The third-order valence-electron chi connectivity index (χ3n) is 3.67. The minimum absolute atomic E-state index is 0.0810. The number of ketones is 1. The van der Waals surface area contributed by atoms with E-state index < -0.39 is 11.7 Å². The van der Waals surface area contributed by atoms with Crippen molar-refractivity contribution >= 4 is 29.0 Å². The lowest BCUT2D eigenvalue weighted by Gasteiger charge is -2.13. The molecule has 0 bridgehead atoms. The van der Waals surface area contributed by atoms with E-state index in [1.807, 2.05) is 0 Å². The molecule has 1 aromatic carbocycles. The summed E-state index contributed by atoms with van der Waals surface area (Å²) < 4.78 is 5.16. The Morgan fingerprint density at radius 1 is 1.33 bits per heavy atom. The first-order valence-electron chi connectivity index (χ1n) is 6.62. The van der Waals surface area contributed by atoms with Crippen LogP contribution in [0.3, 0.4) is 0 Å². The number of aromatic nitrogens is 2. The van der Waals surface area contributed by atoms with Crippen LogP contribution >= 0.6 is 11.6 Å². The first-order valence-corrected chi connectivity index (χ1v) is 7.00. The molecule has 0 spiro atoms. The zero-order valence-corrected chi connectivity index (χ0v) is 11.6. The molecule has 106 valence electrons. The molecule has 0 N–H and O–H groups in total. The Morgan fingerprint density at radius 2 is 2.14 bits per heavy atom. The third-order valence-corrected chi connectivity index (χ3v) is 3.98. The molecular weight excluding hydrogens is 294 g/mol. The molecule has 7 heteroatoms. The Balaban J connectivity index is 1.67. The van der Waals surface area contributed by atoms with Gasteiger partial charge in [0.25, 0.3) is 11.7 Å². The van der Waals surface area contributed by atoms with E-state index >= 15 is 0 Å². The highest BCUT2D eigenvalue weighted by Crippen LogP contribution is 2.39. The number of amides is 1. The Labute approximate surface area is 124 Å². The maximum atomic E-state index is 12.1. The lowest BCUT2D eigenvalue weighted by molar-refractivity contribution is -0.114. The number of hydrogen-bond donors (Lipinski definition) is 0. The Morgan fingerprint density at radius 3 is 2.90 bits per heavy atom. The molecule has 1 aliphatic heterocycles. The van der Waals surface area contributed by atoms with E-state index in [4.69, 9.17) is 16.1 Å². The van der Waals surface area contributed by atoms with Crippen molar-refractivity contribution in [2.24, 2.45) is 0 Å². The molecule has 1 saturated carbocycles. The monoisotopic (exact) mass is 303 g/mol. The summed E-state index contributed by atoms with van der Waals surface area (Å²) in [5.74, 6) is 0.155. The van der Waals surface area contributed by atoms with Gasteiger partial charge in [0.05, 0.1) is 16.3 Å². The van der Waals surface area contributed by atoms with Crippen LogP contribution in [0.15, 0.2) is 22.7 Å². The van der Waals surface area contributed by atoms with Gasteiger partial charge in [-0.3, -0.25) is 14.5 Å². The molecule has 0 unspecified atom stereocenters. The number of carbonyl (C=O) groups excluding carboxylic acids is 2. The molecule has 4 rings (SSSR count). The minimum atomic E-state index is -0.621. The van der Waals surface area contributed by atoms with E-state index in [0.29, 0.717) is 23.3 Å². The van der Waals surface area contributed by atoms with E-state index in [-0.39, 0.29) is 17.1 Å². The number of hydrogen-bond acceptors (Lipinski definition) is 5. The number of halogens is 1. The van der Waals surface area contributed by atoms with Crippen molar-refractivity contribution in [2.75, 3.05) is 4.90 Å². The van der Waals surface area contributed by atoms with E-state index in [9.17, 15) is 9.59 Å². The maximum absolute atomic E-state index is 12.1. The van der Waals surface area contributed by atoms with Gasteiger partial charge in [-0.05, 0) is 25.0 Å². The van der Waals surface area contributed by atoms with Gasteiger partial charge in [0.1, 0.15) is 6.54 Å². The molecule has 1 fully saturated rings. The fraction of sp³-hybridized carbons (Fsp3) is 0.286. The lowest BCUT2D eigenvalue weighted by atomic mass is 10.1. The topological polar surface area (TPSA) is 76.3 Å². The molecule has 1 aliphatic carbocycles. The highest BCUT2D eigenvalue weighted by Gasteiger charge is 2.38. The van der Waals surface area contributed by atoms with E-state index in [0.717, 1.165) is 12.8 Å². The molecule has 0 radical (unpaired) electrons. The van der Waals surface area contributed by atoms with Crippen molar-refractivity contribution in [3.05, 3.63) is 40.5 Å². The summed E-state index contributed by atoms with van der Waals surface area (Å²) in [6, 6.07) is 4.97. The van der Waals surface area contributed by atoms with Gasteiger partial charge >= 0.3 is 0 Å². The van der Waals surface area contributed by atoms with Gasteiger partial charge < -0.3 is 4.52 Å².